The van der Waals surface area contributed by atoms with Crippen LogP contribution in [0, 0.1) is 11.3 Å². The summed E-state index contributed by atoms with van der Waals surface area (Å²) < 4.78 is 2.80. The van der Waals surface area contributed by atoms with Gasteiger partial charge in [-0.25, -0.2) is 0 Å². The fraction of sp³-hybridized carbons (Fsp3) is 0. The van der Waals surface area contributed by atoms with Crippen LogP contribution >= 0.6 is 43.2 Å². The Morgan fingerprint density at radius 3 is 2.85 bits per heavy atom. The van der Waals surface area contributed by atoms with E-state index in [4.69, 9.17) is 5.26 Å². The van der Waals surface area contributed by atoms with Crippen LogP contribution in [0.25, 0.3) is 10.1 Å². The Labute approximate surface area is 96.2 Å². The lowest BCUT2D eigenvalue weighted by molar-refractivity contribution is 1.49. The van der Waals surface area contributed by atoms with E-state index in [1.165, 1.54) is 0 Å². The molecule has 13 heavy (non-hydrogen) atoms. The van der Waals surface area contributed by atoms with Crippen molar-refractivity contribution >= 4 is 53.3 Å². The normalized spacial score (nSPS) is 10.2. The molecule has 0 saturated heterocycles. The molecule has 1 nitrogen and oxygen atoms in total. The molecule has 0 aliphatic rings. The minimum absolute atomic E-state index is 0.708. The first-order valence-corrected chi connectivity index (χ1v) is 5.96. The van der Waals surface area contributed by atoms with Crippen LogP contribution in [0.2, 0.25) is 0 Å². The number of fused-ring (bicyclic) bond motifs is 1. The zero-order valence-electron chi connectivity index (χ0n) is 6.34. The highest BCUT2D eigenvalue weighted by Gasteiger charge is 2.09. The summed E-state index contributed by atoms with van der Waals surface area (Å²) in [6.07, 6.45) is 0. The van der Waals surface area contributed by atoms with Gasteiger partial charge in [-0.15, -0.1) is 11.3 Å². The van der Waals surface area contributed by atoms with Gasteiger partial charge in [0.15, 0.2) is 0 Å². The van der Waals surface area contributed by atoms with Gasteiger partial charge in [-0.2, -0.15) is 5.26 Å². The van der Waals surface area contributed by atoms with Crippen LogP contribution in [0.3, 0.4) is 0 Å². The van der Waals surface area contributed by atoms with Crippen molar-refractivity contribution in [2.45, 2.75) is 0 Å². The number of benzene rings is 1. The summed E-state index contributed by atoms with van der Waals surface area (Å²) in [5.41, 5.74) is 0.708. The topological polar surface area (TPSA) is 23.8 Å². The summed E-state index contributed by atoms with van der Waals surface area (Å²) in [5.74, 6) is 0. The number of hydrogen-bond acceptors (Lipinski definition) is 2. The summed E-state index contributed by atoms with van der Waals surface area (Å²) in [6.45, 7) is 0. The van der Waals surface area contributed by atoms with Crippen molar-refractivity contribution in [3.05, 3.63) is 32.0 Å². The van der Waals surface area contributed by atoms with E-state index < -0.39 is 0 Å². The lowest BCUT2D eigenvalue weighted by Crippen LogP contribution is -1.79. The first-order valence-electron chi connectivity index (χ1n) is 3.49. The maximum Gasteiger partial charge on any atom is 0.102 e. The molecule has 0 N–H and O–H groups in total. The lowest BCUT2D eigenvalue weighted by Gasteiger charge is -1.99. The Morgan fingerprint density at radius 1 is 1.38 bits per heavy atom. The third-order valence-corrected chi connectivity index (χ3v) is 4.67. The Hall–Kier alpha value is -0.370. The van der Waals surface area contributed by atoms with E-state index in [2.05, 4.69) is 37.9 Å². The first-order chi connectivity index (χ1) is 6.24. The van der Waals surface area contributed by atoms with Crippen LogP contribution in [0.15, 0.2) is 26.5 Å². The monoisotopic (exact) mass is 315 g/mol. The Kier molecular flexibility index (Phi) is 2.41. The van der Waals surface area contributed by atoms with Crippen LogP contribution in [0.1, 0.15) is 5.56 Å². The molecule has 1 aromatic heterocycles. The fourth-order valence-corrected chi connectivity index (χ4v) is 3.01. The van der Waals surface area contributed by atoms with Crippen molar-refractivity contribution in [3.63, 3.8) is 0 Å². The lowest BCUT2D eigenvalue weighted by atomic mass is 10.2. The average Bonchev–Trinajstić information content (AvgIpc) is 2.54. The second-order valence-electron chi connectivity index (χ2n) is 2.50. The smallest absolute Gasteiger partial charge is 0.102 e. The van der Waals surface area contributed by atoms with Gasteiger partial charge in [-0.3, -0.25) is 0 Å². The zero-order valence-corrected chi connectivity index (χ0v) is 10.3. The second-order valence-corrected chi connectivity index (χ2v) is 5.06. The zero-order chi connectivity index (χ0) is 9.42. The third-order valence-electron chi connectivity index (χ3n) is 1.75. The van der Waals surface area contributed by atoms with Crippen LogP contribution < -0.4 is 0 Å². The van der Waals surface area contributed by atoms with E-state index >= 15 is 0 Å². The number of thiophene rings is 1. The van der Waals surface area contributed by atoms with Gasteiger partial charge in [0.25, 0.3) is 0 Å². The van der Waals surface area contributed by atoms with Gasteiger partial charge in [0.2, 0.25) is 0 Å². The summed E-state index contributed by atoms with van der Waals surface area (Å²) in [6, 6.07) is 6.22. The maximum absolute atomic E-state index is 8.97. The van der Waals surface area contributed by atoms with E-state index in [9.17, 15) is 0 Å². The summed E-state index contributed by atoms with van der Waals surface area (Å²) >= 11 is 8.37. The highest BCUT2D eigenvalue weighted by molar-refractivity contribution is 9.13. The Bertz CT molecular complexity index is 510. The fourth-order valence-electron chi connectivity index (χ4n) is 1.15. The van der Waals surface area contributed by atoms with Gasteiger partial charge in [-0.1, -0.05) is 0 Å². The molecule has 0 amide bonds. The largest absolute Gasteiger partial charge is 0.192 e. The van der Waals surface area contributed by atoms with E-state index in [1.807, 2.05) is 17.5 Å². The van der Waals surface area contributed by atoms with Crippen molar-refractivity contribution in [3.8, 4) is 6.07 Å². The van der Waals surface area contributed by atoms with Gasteiger partial charge >= 0.3 is 0 Å². The molecule has 0 fully saturated rings. The SMILES string of the molecule is N#Cc1c(Br)c(Br)cc2ccsc12. The Morgan fingerprint density at radius 2 is 2.15 bits per heavy atom. The molecule has 0 aliphatic carbocycles. The van der Waals surface area contributed by atoms with Crippen LogP contribution in [0.4, 0.5) is 0 Å². The van der Waals surface area contributed by atoms with Gasteiger partial charge in [-0.05, 0) is 54.8 Å². The van der Waals surface area contributed by atoms with E-state index in [0.717, 1.165) is 19.0 Å². The third kappa shape index (κ3) is 1.41. The molecule has 0 saturated carbocycles. The number of hydrogen-bond donors (Lipinski definition) is 0. The first kappa shape index (κ1) is 9.20. The predicted octanol–water partition coefficient (Wildman–Crippen LogP) is 4.30. The van der Waals surface area contributed by atoms with Crippen molar-refractivity contribution in [1.29, 1.82) is 5.26 Å². The van der Waals surface area contributed by atoms with Gasteiger partial charge < -0.3 is 0 Å². The standard InChI is InChI=1S/C9H3Br2NS/c10-7-3-5-1-2-13-9(5)6(4-12)8(7)11/h1-3H. The molecular formula is C9H3Br2NS. The number of nitrogens with zero attached hydrogens (tertiary/aromatic N) is 1. The molecule has 0 radical (unpaired) electrons. The summed E-state index contributed by atoms with van der Waals surface area (Å²) in [4.78, 5) is 0. The van der Waals surface area contributed by atoms with E-state index in [1.54, 1.807) is 11.3 Å². The number of halogens is 2. The molecule has 64 valence electrons. The molecule has 0 unspecified atom stereocenters. The molecule has 0 aliphatic heterocycles. The van der Waals surface area contributed by atoms with Gasteiger partial charge in [0.05, 0.1) is 14.7 Å². The maximum atomic E-state index is 8.97. The van der Waals surface area contributed by atoms with Crippen LogP contribution in [-0.2, 0) is 0 Å². The molecule has 0 spiro atoms. The van der Waals surface area contributed by atoms with Gasteiger partial charge in [0, 0.05) is 4.47 Å². The average molecular weight is 317 g/mol. The highest BCUT2D eigenvalue weighted by atomic mass is 79.9. The molecule has 2 rings (SSSR count). The molecule has 0 bridgehead atoms. The highest BCUT2D eigenvalue weighted by Crippen LogP contribution is 2.35. The minimum Gasteiger partial charge on any atom is -0.192 e. The second kappa shape index (κ2) is 3.41. The molecule has 1 heterocycles. The molecule has 0 atom stereocenters. The Balaban J connectivity index is 2.98. The quantitative estimate of drug-likeness (QED) is 0.711. The summed E-state index contributed by atoms with van der Waals surface area (Å²) in [7, 11) is 0. The number of rotatable bonds is 0. The predicted molar refractivity (Wildman–Crippen MR) is 61.9 cm³/mol. The molecule has 2 aromatic rings. The number of nitriles is 1. The van der Waals surface area contributed by atoms with Crippen molar-refractivity contribution in [2.24, 2.45) is 0 Å². The molecule has 4 heteroatoms. The molecule has 1 aromatic carbocycles. The van der Waals surface area contributed by atoms with Crippen molar-refractivity contribution < 1.29 is 0 Å². The van der Waals surface area contributed by atoms with Gasteiger partial charge in [0.1, 0.15) is 6.07 Å². The van der Waals surface area contributed by atoms with E-state index in [-0.39, 0.29) is 0 Å². The van der Waals surface area contributed by atoms with E-state index in [0.29, 0.717) is 5.56 Å². The summed E-state index contributed by atoms with van der Waals surface area (Å²) in [5, 5.41) is 12.1. The van der Waals surface area contributed by atoms with Crippen LogP contribution in [-0.4, -0.2) is 0 Å². The van der Waals surface area contributed by atoms with Crippen molar-refractivity contribution in [1.82, 2.24) is 0 Å². The minimum atomic E-state index is 0.708. The van der Waals surface area contributed by atoms with Crippen molar-refractivity contribution in [2.75, 3.05) is 0 Å². The molecular weight excluding hydrogens is 314 g/mol. The van der Waals surface area contributed by atoms with Crippen LogP contribution in [0.5, 0.6) is 0 Å².